The molecular formula is C19H21NO3. The molecule has 2 aromatic rings. The lowest BCUT2D eigenvalue weighted by Gasteiger charge is -2.34. The van der Waals surface area contributed by atoms with Crippen molar-refractivity contribution in [2.45, 2.75) is 40.0 Å². The molecule has 0 radical (unpaired) electrons. The summed E-state index contributed by atoms with van der Waals surface area (Å²) in [7, 11) is 0. The Balaban J connectivity index is 1.56. The molecule has 2 atom stereocenters. The SMILES string of the molecule is CC12CCC(C/C1=N/OC(=O)c1cc3ccccc3o1)C2(C)C. The minimum atomic E-state index is -0.530. The first kappa shape index (κ1) is 14.5. The van der Waals surface area contributed by atoms with Gasteiger partial charge in [-0.3, -0.25) is 0 Å². The van der Waals surface area contributed by atoms with E-state index >= 15 is 0 Å². The van der Waals surface area contributed by atoms with Gasteiger partial charge in [-0.1, -0.05) is 44.1 Å². The Labute approximate surface area is 135 Å². The van der Waals surface area contributed by atoms with Crippen LogP contribution in [0.5, 0.6) is 0 Å². The molecule has 23 heavy (non-hydrogen) atoms. The van der Waals surface area contributed by atoms with E-state index in [2.05, 4.69) is 25.9 Å². The van der Waals surface area contributed by atoms with Crippen LogP contribution >= 0.6 is 0 Å². The maximum atomic E-state index is 12.2. The zero-order chi connectivity index (χ0) is 16.2. The van der Waals surface area contributed by atoms with E-state index in [1.165, 1.54) is 6.42 Å². The molecule has 0 saturated heterocycles. The maximum Gasteiger partial charge on any atom is 0.400 e. The summed E-state index contributed by atoms with van der Waals surface area (Å²) in [4.78, 5) is 17.4. The molecule has 2 aliphatic carbocycles. The van der Waals surface area contributed by atoms with Crippen molar-refractivity contribution >= 4 is 22.7 Å². The van der Waals surface area contributed by atoms with Crippen LogP contribution in [-0.4, -0.2) is 11.7 Å². The molecular weight excluding hydrogens is 290 g/mol. The average molecular weight is 311 g/mol. The molecule has 2 unspecified atom stereocenters. The molecule has 4 rings (SSSR count). The second-order valence-electron chi connectivity index (χ2n) is 7.56. The lowest BCUT2D eigenvalue weighted by Crippen LogP contribution is -2.32. The van der Waals surface area contributed by atoms with Gasteiger partial charge in [0.25, 0.3) is 0 Å². The largest absolute Gasteiger partial charge is 0.449 e. The van der Waals surface area contributed by atoms with Gasteiger partial charge in [-0.05, 0) is 42.7 Å². The van der Waals surface area contributed by atoms with Crippen LogP contribution in [0.2, 0.25) is 0 Å². The lowest BCUT2D eigenvalue weighted by molar-refractivity contribution is 0.0474. The topological polar surface area (TPSA) is 51.8 Å². The molecule has 1 aromatic carbocycles. The van der Waals surface area contributed by atoms with Gasteiger partial charge in [0, 0.05) is 10.8 Å². The lowest BCUT2D eigenvalue weighted by atomic mass is 9.70. The van der Waals surface area contributed by atoms with Crippen molar-refractivity contribution in [1.29, 1.82) is 0 Å². The first-order valence-corrected chi connectivity index (χ1v) is 8.19. The molecule has 2 aliphatic rings. The summed E-state index contributed by atoms with van der Waals surface area (Å²) in [5.41, 5.74) is 1.95. The molecule has 4 nitrogen and oxygen atoms in total. The highest BCUT2D eigenvalue weighted by atomic mass is 16.7. The number of carbonyl (C=O) groups is 1. The van der Waals surface area contributed by atoms with Crippen LogP contribution in [0.25, 0.3) is 11.0 Å². The van der Waals surface area contributed by atoms with Crippen LogP contribution in [0, 0.1) is 16.7 Å². The molecule has 1 aromatic heterocycles. The van der Waals surface area contributed by atoms with Crippen molar-refractivity contribution in [1.82, 2.24) is 0 Å². The third kappa shape index (κ3) is 1.97. The van der Waals surface area contributed by atoms with Crippen LogP contribution in [0.4, 0.5) is 0 Å². The van der Waals surface area contributed by atoms with Crippen LogP contribution in [-0.2, 0) is 4.84 Å². The van der Waals surface area contributed by atoms with Crippen molar-refractivity contribution in [3.8, 4) is 0 Å². The van der Waals surface area contributed by atoms with Crippen molar-refractivity contribution < 1.29 is 14.0 Å². The van der Waals surface area contributed by atoms with E-state index < -0.39 is 5.97 Å². The Bertz CT molecular complexity index is 784. The number of oxime groups is 1. The third-order valence-corrected chi connectivity index (χ3v) is 6.38. The highest BCUT2D eigenvalue weighted by molar-refractivity contribution is 5.96. The fourth-order valence-corrected chi connectivity index (χ4v) is 4.29. The van der Waals surface area contributed by atoms with E-state index in [4.69, 9.17) is 9.25 Å². The molecule has 2 fully saturated rings. The smallest absolute Gasteiger partial charge is 0.400 e. The second-order valence-corrected chi connectivity index (χ2v) is 7.56. The van der Waals surface area contributed by atoms with Gasteiger partial charge in [-0.25, -0.2) is 4.79 Å². The van der Waals surface area contributed by atoms with Crippen LogP contribution in [0.1, 0.15) is 50.6 Å². The fourth-order valence-electron chi connectivity index (χ4n) is 4.29. The van der Waals surface area contributed by atoms with E-state index in [-0.39, 0.29) is 16.6 Å². The third-order valence-electron chi connectivity index (χ3n) is 6.38. The first-order chi connectivity index (χ1) is 10.9. The van der Waals surface area contributed by atoms with Crippen molar-refractivity contribution in [2.24, 2.45) is 21.9 Å². The summed E-state index contributed by atoms with van der Waals surface area (Å²) < 4.78 is 5.53. The van der Waals surface area contributed by atoms with Crippen LogP contribution in [0.3, 0.4) is 0 Å². The monoisotopic (exact) mass is 311 g/mol. The Morgan fingerprint density at radius 2 is 2.09 bits per heavy atom. The van der Waals surface area contributed by atoms with Crippen LogP contribution < -0.4 is 0 Å². The molecule has 0 N–H and O–H groups in total. The predicted octanol–water partition coefficient (Wildman–Crippen LogP) is 4.79. The van der Waals surface area contributed by atoms with E-state index in [1.54, 1.807) is 6.07 Å². The van der Waals surface area contributed by atoms with Crippen molar-refractivity contribution in [3.63, 3.8) is 0 Å². The Hall–Kier alpha value is -2.10. The van der Waals surface area contributed by atoms with Crippen LogP contribution in [0.15, 0.2) is 39.9 Å². The van der Waals surface area contributed by atoms with Gasteiger partial charge in [0.05, 0.1) is 5.71 Å². The number of nitrogens with zero attached hydrogens (tertiary/aromatic N) is 1. The number of rotatable bonds is 2. The van der Waals surface area contributed by atoms with E-state index in [9.17, 15) is 4.79 Å². The van der Waals surface area contributed by atoms with E-state index in [0.717, 1.165) is 23.9 Å². The number of hydrogen-bond donors (Lipinski definition) is 0. The molecule has 1 heterocycles. The molecule has 2 saturated carbocycles. The number of benzene rings is 1. The van der Waals surface area contributed by atoms with Crippen molar-refractivity contribution in [2.75, 3.05) is 0 Å². The van der Waals surface area contributed by atoms with E-state index in [1.807, 2.05) is 24.3 Å². The zero-order valence-electron chi connectivity index (χ0n) is 13.8. The minimum Gasteiger partial charge on any atom is -0.449 e. The van der Waals surface area contributed by atoms with Gasteiger partial charge >= 0.3 is 5.97 Å². The van der Waals surface area contributed by atoms with E-state index in [0.29, 0.717) is 11.5 Å². The fraction of sp³-hybridized carbons (Fsp3) is 0.474. The van der Waals surface area contributed by atoms with Gasteiger partial charge in [0.1, 0.15) is 5.58 Å². The number of fused-ring (bicyclic) bond motifs is 3. The Kier molecular flexibility index (Phi) is 2.96. The maximum absolute atomic E-state index is 12.2. The summed E-state index contributed by atoms with van der Waals surface area (Å²) in [6, 6.07) is 9.22. The number of furan rings is 1. The van der Waals surface area contributed by atoms with Gasteiger partial charge in [-0.2, -0.15) is 0 Å². The summed E-state index contributed by atoms with van der Waals surface area (Å²) in [5.74, 6) is 0.303. The number of para-hydroxylation sites is 1. The van der Waals surface area contributed by atoms with Crippen molar-refractivity contribution in [3.05, 3.63) is 36.1 Å². The molecule has 0 aliphatic heterocycles. The molecule has 0 spiro atoms. The summed E-state index contributed by atoms with van der Waals surface area (Å²) in [5, 5.41) is 5.12. The molecule has 2 bridgehead atoms. The Morgan fingerprint density at radius 3 is 2.74 bits per heavy atom. The average Bonchev–Trinajstić information content (AvgIpc) is 3.11. The number of carbonyl (C=O) groups excluding carboxylic acids is 1. The van der Waals surface area contributed by atoms with Gasteiger partial charge in [-0.15, -0.1) is 0 Å². The standard InChI is InChI=1S/C19H21NO3/c1-18(2)13-8-9-19(18,3)16(11-13)20-23-17(21)15-10-12-6-4-5-7-14(12)22-15/h4-7,10,13H,8-9,11H2,1-3H3/b20-16-. The minimum absolute atomic E-state index is 0.0336. The molecule has 4 heteroatoms. The molecule has 120 valence electrons. The highest BCUT2D eigenvalue weighted by Crippen LogP contribution is 2.64. The first-order valence-electron chi connectivity index (χ1n) is 8.19. The quantitative estimate of drug-likeness (QED) is 0.592. The van der Waals surface area contributed by atoms with Gasteiger partial charge in [0.2, 0.25) is 5.76 Å². The van der Waals surface area contributed by atoms with Gasteiger partial charge < -0.3 is 9.25 Å². The predicted molar refractivity (Wildman–Crippen MR) is 88.3 cm³/mol. The number of hydrogen-bond acceptors (Lipinski definition) is 4. The van der Waals surface area contributed by atoms with Gasteiger partial charge in [0.15, 0.2) is 0 Å². The summed E-state index contributed by atoms with van der Waals surface area (Å²) in [6.45, 7) is 6.84. The highest BCUT2D eigenvalue weighted by Gasteiger charge is 2.60. The summed E-state index contributed by atoms with van der Waals surface area (Å²) >= 11 is 0. The molecule has 0 amide bonds. The zero-order valence-corrected chi connectivity index (χ0v) is 13.8. The summed E-state index contributed by atoms with van der Waals surface area (Å²) in [6.07, 6.45) is 3.28. The normalized spacial score (nSPS) is 30.2. The Morgan fingerprint density at radius 1 is 1.30 bits per heavy atom. The second kappa shape index (κ2) is 4.70.